The van der Waals surface area contributed by atoms with Crippen LogP contribution in [0.5, 0.6) is 0 Å². The summed E-state index contributed by atoms with van der Waals surface area (Å²) in [6, 6.07) is 12.3. The van der Waals surface area contributed by atoms with Crippen LogP contribution >= 0.6 is 0 Å². The van der Waals surface area contributed by atoms with Gasteiger partial charge in [0.25, 0.3) is 0 Å². The number of rotatable bonds is 10. The SMILES string of the molecule is CCn1cnc2c(Nc3ccc(S(=O)(=O)NCCc4ccccn4)cc3)nc(N[C@H]3CC[C@H](O)CC3)nc21. The van der Waals surface area contributed by atoms with Crippen molar-refractivity contribution in [3.8, 4) is 0 Å². The van der Waals surface area contributed by atoms with Crippen molar-refractivity contribution in [1.29, 1.82) is 0 Å². The molecule has 0 radical (unpaired) electrons. The summed E-state index contributed by atoms with van der Waals surface area (Å²) in [5, 5.41) is 16.5. The molecule has 0 bridgehead atoms. The quantitative estimate of drug-likeness (QED) is 0.240. The van der Waals surface area contributed by atoms with Crippen LogP contribution in [0.4, 0.5) is 17.5 Å². The molecule has 0 spiro atoms. The molecule has 1 saturated carbocycles. The number of nitrogens with zero attached hydrogens (tertiary/aromatic N) is 5. The third-order valence-electron chi connectivity index (χ3n) is 6.66. The average molecular weight is 537 g/mol. The molecule has 1 fully saturated rings. The molecule has 0 unspecified atom stereocenters. The Morgan fingerprint density at radius 3 is 2.53 bits per heavy atom. The van der Waals surface area contributed by atoms with E-state index in [1.54, 1.807) is 36.8 Å². The van der Waals surface area contributed by atoms with E-state index in [1.165, 1.54) is 0 Å². The first-order valence-electron chi connectivity index (χ1n) is 12.9. The van der Waals surface area contributed by atoms with Gasteiger partial charge in [-0.3, -0.25) is 4.98 Å². The van der Waals surface area contributed by atoms with E-state index in [-0.39, 0.29) is 23.6 Å². The highest BCUT2D eigenvalue weighted by atomic mass is 32.2. The number of aromatic nitrogens is 5. The molecule has 3 heterocycles. The molecule has 0 aliphatic heterocycles. The van der Waals surface area contributed by atoms with Crippen LogP contribution in [0.2, 0.25) is 0 Å². The van der Waals surface area contributed by atoms with Crippen molar-refractivity contribution < 1.29 is 13.5 Å². The molecule has 3 aromatic heterocycles. The van der Waals surface area contributed by atoms with Gasteiger partial charge >= 0.3 is 0 Å². The van der Waals surface area contributed by atoms with Crippen molar-refractivity contribution in [2.45, 2.75) is 62.6 Å². The fourth-order valence-corrected chi connectivity index (χ4v) is 5.56. The number of benzene rings is 1. The largest absolute Gasteiger partial charge is 0.393 e. The highest BCUT2D eigenvalue weighted by molar-refractivity contribution is 7.89. The maximum Gasteiger partial charge on any atom is 0.240 e. The third kappa shape index (κ3) is 6.09. The number of imidazole rings is 1. The highest BCUT2D eigenvalue weighted by Gasteiger charge is 2.21. The minimum Gasteiger partial charge on any atom is -0.393 e. The van der Waals surface area contributed by atoms with Gasteiger partial charge in [-0.1, -0.05) is 6.07 Å². The Balaban J connectivity index is 1.31. The second kappa shape index (κ2) is 11.4. The number of fused-ring (bicyclic) bond motifs is 1. The van der Waals surface area contributed by atoms with Gasteiger partial charge in [-0.2, -0.15) is 9.97 Å². The first-order chi connectivity index (χ1) is 18.4. The monoisotopic (exact) mass is 536 g/mol. The van der Waals surface area contributed by atoms with E-state index in [4.69, 9.17) is 4.98 Å². The fourth-order valence-electron chi connectivity index (χ4n) is 4.53. The molecule has 11 nitrogen and oxygen atoms in total. The minimum absolute atomic E-state index is 0.175. The highest BCUT2D eigenvalue weighted by Crippen LogP contribution is 2.27. The van der Waals surface area contributed by atoms with Crippen molar-refractivity contribution in [3.05, 3.63) is 60.7 Å². The standard InChI is InChI=1S/C26H32N8O3S/c1-2-34-17-28-23-24(32-26(33-25(23)34)31-20-6-10-21(35)11-7-20)30-19-8-12-22(13-9-19)38(36,37)29-16-14-18-5-3-4-15-27-18/h3-5,8-9,12-13,15,17,20-21,29,35H,2,6-7,10-11,14,16H2,1H3,(H2,30,31,32,33)/t20-,21-. The molecular formula is C26H32N8O3S. The summed E-state index contributed by atoms with van der Waals surface area (Å²) in [5.41, 5.74) is 2.84. The van der Waals surface area contributed by atoms with Gasteiger partial charge in [0.05, 0.1) is 17.3 Å². The van der Waals surface area contributed by atoms with Gasteiger partial charge in [-0.25, -0.2) is 18.1 Å². The van der Waals surface area contributed by atoms with Gasteiger partial charge in [-0.05, 0) is 69.0 Å². The zero-order chi connectivity index (χ0) is 26.5. The Kier molecular flexibility index (Phi) is 7.82. The minimum atomic E-state index is -3.66. The number of sulfonamides is 1. The topological polar surface area (TPSA) is 147 Å². The molecule has 1 aliphatic carbocycles. The van der Waals surface area contributed by atoms with E-state index in [2.05, 4.69) is 30.3 Å². The van der Waals surface area contributed by atoms with Gasteiger partial charge in [0, 0.05) is 43.1 Å². The average Bonchev–Trinajstić information content (AvgIpc) is 3.34. The summed E-state index contributed by atoms with van der Waals surface area (Å²) in [6.07, 6.45) is 6.90. The number of pyridine rings is 1. The smallest absolute Gasteiger partial charge is 0.240 e. The fraction of sp³-hybridized carbons (Fsp3) is 0.385. The maximum absolute atomic E-state index is 12.7. The second-order valence-corrected chi connectivity index (χ2v) is 11.1. The van der Waals surface area contributed by atoms with Crippen LogP contribution in [0, 0.1) is 0 Å². The first kappa shape index (κ1) is 26.0. The Morgan fingerprint density at radius 1 is 1.03 bits per heavy atom. The van der Waals surface area contributed by atoms with Gasteiger partial charge < -0.3 is 20.3 Å². The number of aliphatic hydroxyl groups is 1. The van der Waals surface area contributed by atoms with Crippen molar-refractivity contribution in [2.75, 3.05) is 17.2 Å². The van der Waals surface area contributed by atoms with Gasteiger partial charge in [0.1, 0.15) is 0 Å². The second-order valence-electron chi connectivity index (χ2n) is 9.37. The Hall–Kier alpha value is -3.61. The van der Waals surface area contributed by atoms with Crippen LogP contribution in [0.1, 0.15) is 38.3 Å². The van der Waals surface area contributed by atoms with E-state index in [0.717, 1.165) is 31.4 Å². The maximum atomic E-state index is 12.7. The lowest BCUT2D eigenvalue weighted by atomic mass is 9.93. The summed E-state index contributed by atoms with van der Waals surface area (Å²) in [7, 11) is -3.66. The Bertz CT molecular complexity index is 1470. The predicted octanol–water partition coefficient (Wildman–Crippen LogP) is 3.22. The molecule has 4 N–H and O–H groups in total. The van der Waals surface area contributed by atoms with Crippen LogP contribution in [0.15, 0.2) is 59.9 Å². The third-order valence-corrected chi connectivity index (χ3v) is 8.14. The van der Waals surface area contributed by atoms with Crippen LogP contribution in [-0.2, 0) is 23.0 Å². The van der Waals surface area contributed by atoms with Crippen molar-refractivity contribution >= 4 is 38.6 Å². The number of hydrogen-bond donors (Lipinski definition) is 4. The summed E-state index contributed by atoms with van der Waals surface area (Å²) in [6.45, 7) is 2.99. The number of aliphatic hydroxyl groups excluding tert-OH is 1. The summed E-state index contributed by atoms with van der Waals surface area (Å²) >= 11 is 0. The van der Waals surface area contributed by atoms with E-state index in [9.17, 15) is 13.5 Å². The number of anilines is 3. The molecule has 0 saturated heterocycles. The lowest BCUT2D eigenvalue weighted by Gasteiger charge is -2.26. The molecule has 200 valence electrons. The summed E-state index contributed by atoms with van der Waals surface area (Å²) in [4.78, 5) is 18.3. The molecule has 1 aliphatic rings. The normalized spacial score (nSPS) is 17.9. The molecule has 1 aromatic carbocycles. The number of aryl methyl sites for hydroxylation is 1. The van der Waals surface area contributed by atoms with Crippen molar-refractivity contribution in [1.82, 2.24) is 29.2 Å². The van der Waals surface area contributed by atoms with Crippen molar-refractivity contribution in [3.63, 3.8) is 0 Å². The van der Waals surface area contributed by atoms with Crippen LogP contribution in [-0.4, -0.2) is 56.7 Å². The van der Waals surface area contributed by atoms with Gasteiger partial charge in [-0.15, -0.1) is 0 Å². The van der Waals surface area contributed by atoms with Gasteiger partial charge in [0.15, 0.2) is 17.0 Å². The number of nitrogens with one attached hydrogen (secondary N) is 3. The van der Waals surface area contributed by atoms with Crippen LogP contribution in [0.25, 0.3) is 11.2 Å². The lowest BCUT2D eigenvalue weighted by Crippen LogP contribution is -2.29. The van der Waals surface area contributed by atoms with E-state index in [0.29, 0.717) is 41.6 Å². The first-order valence-corrected chi connectivity index (χ1v) is 14.3. The predicted molar refractivity (Wildman–Crippen MR) is 146 cm³/mol. The Morgan fingerprint density at radius 2 is 1.82 bits per heavy atom. The summed E-state index contributed by atoms with van der Waals surface area (Å²) in [5.74, 6) is 1.03. The molecule has 38 heavy (non-hydrogen) atoms. The molecule has 5 rings (SSSR count). The van der Waals surface area contributed by atoms with E-state index < -0.39 is 10.0 Å². The van der Waals surface area contributed by atoms with E-state index >= 15 is 0 Å². The number of hydrogen-bond acceptors (Lipinski definition) is 9. The molecule has 0 amide bonds. The Labute approximate surface area is 221 Å². The van der Waals surface area contributed by atoms with Crippen LogP contribution < -0.4 is 15.4 Å². The molecule has 4 aromatic rings. The van der Waals surface area contributed by atoms with Crippen molar-refractivity contribution in [2.24, 2.45) is 0 Å². The zero-order valence-corrected chi connectivity index (χ0v) is 22.0. The van der Waals surface area contributed by atoms with Gasteiger partial charge in [0.2, 0.25) is 16.0 Å². The molecule has 0 atom stereocenters. The summed E-state index contributed by atoms with van der Waals surface area (Å²) < 4.78 is 30.1. The van der Waals surface area contributed by atoms with E-state index in [1.807, 2.05) is 29.7 Å². The zero-order valence-electron chi connectivity index (χ0n) is 21.2. The van der Waals surface area contributed by atoms with Crippen LogP contribution in [0.3, 0.4) is 0 Å². The molecule has 12 heteroatoms. The lowest BCUT2D eigenvalue weighted by molar-refractivity contribution is 0.126. The molecular weight excluding hydrogens is 504 g/mol.